The van der Waals surface area contributed by atoms with Crippen molar-refractivity contribution in [2.24, 2.45) is 0 Å². The van der Waals surface area contributed by atoms with Gasteiger partial charge in [-0.3, -0.25) is 4.79 Å². The summed E-state index contributed by atoms with van der Waals surface area (Å²) in [6.45, 7) is 1.72. The minimum absolute atomic E-state index is 0.0570. The predicted molar refractivity (Wildman–Crippen MR) is 74.4 cm³/mol. The average molecular weight is 256 g/mol. The van der Waals surface area contributed by atoms with E-state index in [2.05, 4.69) is 10.6 Å². The molecule has 0 aromatic heterocycles. The van der Waals surface area contributed by atoms with Crippen LogP contribution < -0.4 is 10.6 Å². The number of amides is 1. The molecule has 98 valence electrons. The van der Waals surface area contributed by atoms with Crippen LogP contribution in [0.1, 0.15) is 16.8 Å². The SMILES string of the molecule is O=C(NC1CCNC1)c1ccc2ccccc2c1O. The molecule has 1 saturated heterocycles. The summed E-state index contributed by atoms with van der Waals surface area (Å²) in [4.78, 5) is 12.2. The van der Waals surface area contributed by atoms with E-state index in [1.807, 2.05) is 30.3 Å². The van der Waals surface area contributed by atoms with Crippen LogP contribution in [0.5, 0.6) is 5.75 Å². The number of phenols is 1. The Kier molecular flexibility index (Phi) is 3.09. The van der Waals surface area contributed by atoms with Crippen molar-refractivity contribution in [3.8, 4) is 5.75 Å². The average Bonchev–Trinajstić information content (AvgIpc) is 2.92. The Labute approximate surface area is 111 Å². The van der Waals surface area contributed by atoms with Gasteiger partial charge in [0, 0.05) is 18.0 Å². The van der Waals surface area contributed by atoms with Crippen LogP contribution in [0.3, 0.4) is 0 Å². The molecule has 19 heavy (non-hydrogen) atoms. The van der Waals surface area contributed by atoms with Crippen LogP contribution in [0.15, 0.2) is 36.4 Å². The van der Waals surface area contributed by atoms with Gasteiger partial charge in [0.15, 0.2) is 0 Å². The molecule has 4 heteroatoms. The zero-order chi connectivity index (χ0) is 13.2. The van der Waals surface area contributed by atoms with Crippen molar-refractivity contribution in [3.05, 3.63) is 42.0 Å². The molecule has 1 heterocycles. The van der Waals surface area contributed by atoms with Gasteiger partial charge in [-0.25, -0.2) is 0 Å². The number of phenolic OH excluding ortho intramolecular Hbond substituents is 1. The predicted octanol–water partition coefficient (Wildman–Crippen LogP) is 1.64. The molecule has 0 radical (unpaired) electrons. The monoisotopic (exact) mass is 256 g/mol. The Morgan fingerprint density at radius 3 is 2.89 bits per heavy atom. The van der Waals surface area contributed by atoms with Crippen molar-refractivity contribution >= 4 is 16.7 Å². The lowest BCUT2D eigenvalue weighted by molar-refractivity contribution is 0.0937. The highest BCUT2D eigenvalue weighted by Gasteiger charge is 2.20. The smallest absolute Gasteiger partial charge is 0.255 e. The van der Waals surface area contributed by atoms with E-state index in [0.29, 0.717) is 10.9 Å². The summed E-state index contributed by atoms with van der Waals surface area (Å²) in [6, 6.07) is 11.2. The summed E-state index contributed by atoms with van der Waals surface area (Å²) in [6.07, 6.45) is 0.931. The Morgan fingerprint density at radius 2 is 2.11 bits per heavy atom. The molecule has 1 unspecified atom stereocenters. The fourth-order valence-electron chi connectivity index (χ4n) is 2.48. The van der Waals surface area contributed by atoms with Crippen molar-refractivity contribution in [1.29, 1.82) is 0 Å². The quantitative estimate of drug-likeness (QED) is 0.765. The first-order valence-electron chi connectivity index (χ1n) is 6.48. The van der Waals surface area contributed by atoms with Crippen LogP contribution in [0.25, 0.3) is 10.8 Å². The van der Waals surface area contributed by atoms with Crippen molar-refractivity contribution in [2.45, 2.75) is 12.5 Å². The summed E-state index contributed by atoms with van der Waals surface area (Å²) in [5.74, 6) is -0.154. The number of carbonyl (C=O) groups excluding carboxylic acids is 1. The molecule has 2 aromatic carbocycles. The summed E-state index contributed by atoms with van der Waals surface area (Å²) >= 11 is 0. The van der Waals surface area contributed by atoms with Crippen LogP contribution in [0, 0.1) is 0 Å². The lowest BCUT2D eigenvalue weighted by Gasteiger charge is -2.13. The highest BCUT2D eigenvalue weighted by Crippen LogP contribution is 2.28. The number of fused-ring (bicyclic) bond motifs is 1. The lowest BCUT2D eigenvalue weighted by atomic mass is 10.0. The molecule has 1 atom stereocenters. The molecular weight excluding hydrogens is 240 g/mol. The van der Waals surface area contributed by atoms with Gasteiger partial charge in [0.05, 0.1) is 5.56 Å². The van der Waals surface area contributed by atoms with Crippen LogP contribution >= 0.6 is 0 Å². The Bertz CT molecular complexity index is 619. The molecule has 3 rings (SSSR count). The van der Waals surface area contributed by atoms with E-state index < -0.39 is 0 Å². The van der Waals surface area contributed by atoms with Crippen LogP contribution in [-0.2, 0) is 0 Å². The number of aromatic hydroxyl groups is 1. The first kappa shape index (κ1) is 12.0. The standard InChI is InChI=1S/C15H16N2O2/c18-14-12-4-2-1-3-10(12)5-6-13(14)15(19)17-11-7-8-16-9-11/h1-6,11,16,18H,7-9H2,(H,17,19). The van der Waals surface area contributed by atoms with Crippen LogP contribution in [0.4, 0.5) is 0 Å². The topological polar surface area (TPSA) is 61.4 Å². The third-order valence-corrected chi connectivity index (χ3v) is 3.54. The molecular formula is C15H16N2O2. The van der Waals surface area contributed by atoms with Crippen molar-refractivity contribution in [1.82, 2.24) is 10.6 Å². The normalized spacial score (nSPS) is 18.6. The largest absolute Gasteiger partial charge is 0.506 e. The molecule has 1 amide bonds. The maximum absolute atomic E-state index is 12.2. The second kappa shape index (κ2) is 4.90. The van der Waals surface area contributed by atoms with E-state index in [9.17, 15) is 9.90 Å². The zero-order valence-corrected chi connectivity index (χ0v) is 10.5. The highest BCUT2D eigenvalue weighted by molar-refractivity contribution is 6.03. The van der Waals surface area contributed by atoms with Gasteiger partial charge in [0.2, 0.25) is 0 Å². The Morgan fingerprint density at radius 1 is 1.26 bits per heavy atom. The van der Waals surface area contributed by atoms with Crippen molar-refractivity contribution in [3.63, 3.8) is 0 Å². The van der Waals surface area contributed by atoms with Gasteiger partial charge in [0.1, 0.15) is 5.75 Å². The second-order valence-corrected chi connectivity index (χ2v) is 4.85. The first-order chi connectivity index (χ1) is 9.25. The van der Waals surface area contributed by atoms with E-state index in [1.165, 1.54) is 0 Å². The van der Waals surface area contributed by atoms with Crippen molar-refractivity contribution in [2.75, 3.05) is 13.1 Å². The van der Waals surface area contributed by atoms with Crippen LogP contribution in [0.2, 0.25) is 0 Å². The molecule has 1 aliphatic heterocycles. The number of benzene rings is 2. The van der Waals surface area contributed by atoms with Gasteiger partial charge in [0.25, 0.3) is 5.91 Å². The van der Waals surface area contributed by atoms with E-state index in [4.69, 9.17) is 0 Å². The zero-order valence-electron chi connectivity index (χ0n) is 10.5. The molecule has 0 bridgehead atoms. The first-order valence-corrected chi connectivity index (χ1v) is 6.48. The molecule has 2 aromatic rings. The lowest BCUT2D eigenvalue weighted by Crippen LogP contribution is -2.36. The fraction of sp³-hybridized carbons (Fsp3) is 0.267. The summed E-state index contributed by atoms with van der Waals surface area (Å²) < 4.78 is 0. The molecule has 0 aliphatic carbocycles. The molecule has 1 aliphatic rings. The van der Waals surface area contributed by atoms with E-state index in [1.54, 1.807) is 6.07 Å². The molecule has 0 saturated carbocycles. The van der Waals surface area contributed by atoms with E-state index in [-0.39, 0.29) is 17.7 Å². The van der Waals surface area contributed by atoms with E-state index >= 15 is 0 Å². The van der Waals surface area contributed by atoms with Gasteiger partial charge in [-0.05, 0) is 24.4 Å². The van der Waals surface area contributed by atoms with Crippen LogP contribution in [-0.4, -0.2) is 30.1 Å². The molecule has 4 nitrogen and oxygen atoms in total. The summed E-state index contributed by atoms with van der Waals surface area (Å²) in [5.41, 5.74) is 0.339. The minimum Gasteiger partial charge on any atom is -0.506 e. The number of hydrogen-bond donors (Lipinski definition) is 3. The maximum Gasteiger partial charge on any atom is 0.255 e. The third kappa shape index (κ3) is 2.27. The number of nitrogens with one attached hydrogen (secondary N) is 2. The van der Waals surface area contributed by atoms with Gasteiger partial charge < -0.3 is 15.7 Å². The van der Waals surface area contributed by atoms with Gasteiger partial charge >= 0.3 is 0 Å². The van der Waals surface area contributed by atoms with E-state index in [0.717, 1.165) is 24.9 Å². The third-order valence-electron chi connectivity index (χ3n) is 3.54. The minimum atomic E-state index is -0.211. The molecule has 1 fully saturated rings. The molecule has 3 N–H and O–H groups in total. The van der Waals surface area contributed by atoms with Gasteiger partial charge in [-0.2, -0.15) is 0 Å². The second-order valence-electron chi connectivity index (χ2n) is 4.85. The highest BCUT2D eigenvalue weighted by atomic mass is 16.3. The van der Waals surface area contributed by atoms with Gasteiger partial charge in [-0.1, -0.05) is 30.3 Å². The fourth-order valence-corrected chi connectivity index (χ4v) is 2.48. The van der Waals surface area contributed by atoms with Crippen molar-refractivity contribution < 1.29 is 9.90 Å². The summed E-state index contributed by atoms with van der Waals surface area (Å²) in [5, 5.41) is 18.0. The Hall–Kier alpha value is -2.07. The number of hydrogen-bond acceptors (Lipinski definition) is 3. The number of carbonyl (C=O) groups is 1. The van der Waals surface area contributed by atoms with Gasteiger partial charge in [-0.15, -0.1) is 0 Å². The molecule has 0 spiro atoms. The Balaban J connectivity index is 1.91. The number of rotatable bonds is 2. The maximum atomic E-state index is 12.2. The summed E-state index contributed by atoms with van der Waals surface area (Å²) in [7, 11) is 0.